The molecule has 2 heterocycles. The largest absolute Gasteiger partial charge is 0.497 e. The Morgan fingerprint density at radius 3 is 2.61 bits per heavy atom. The first kappa shape index (κ1) is 25.5. The lowest BCUT2D eigenvalue weighted by molar-refractivity contribution is -0.163. The van der Waals surface area contributed by atoms with Gasteiger partial charge in [-0.05, 0) is 115 Å². The van der Waals surface area contributed by atoms with E-state index in [4.69, 9.17) is 4.74 Å². The number of benzene rings is 1. The van der Waals surface area contributed by atoms with E-state index in [1.54, 1.807) is 12.0 Å². The second-order valence-corrected chi connectivity index (χ2v) is 11.5. The number of fused-ring (bicyclic) bond motifs is 1. The molecule has 1 aromatic carbocycles. The number of carbonyl (C=O) groups excluding carboxylic acids is 2. The molecule has 2 N–H and O–H groups in total. The number of ether oxygens (including phenoxy) is 1. The van der Waals surface area contributed by atoms with Crippen molar-refractivity contribution in [3.8, 4) is 5.75 Å². The van der Waals surface area contributed by atoms with Crippen LogP contribution >= 0.6 is 0 Å². The number of nitrogens with zero attached hydrogens (tertiary/aromatic N) is 3. The number of urea groups is 1. The highest BCUT2D eigenvalue weighted by Gasteiger charge is 2.70. The van der Waals surface area contributed by atoms with Gasteiger partial charge in [-0.2, -0.15) is 0 Å². The molecule has 2 aliphatic carbocycles. The van der Waals surface area contributed by atoms with Crippen LogP contribution in [0.3, 0.4) is 0 Å². The molecule has 1 aromatic rings. The van der Waals surface area contributed by atoms with Crippen molar-refractivity contribution in [3.63, 3.8) is 0 Å². The van der Waals surface area contributed by atoms with Crippen molar-refractivity contribution in [2.24, 2.45) is 0 Å². The summed E-state index contributed by atoms with van der Waals surface area (Å²) in [4.78, 5) is 32.5. The minimum atomic E-state index is -0.973. The van der Waals surface area contributed by atoms with E-state index >= 15 is 0 Å². The van der Waals surface area contributed by atoms with Gasteiger partial charge in [0.2, 0.25) is 0 Å². The highest BCUT2D eigenvalue weighted by atomic mass is 16.5. The number of aliphatic hydroxyl groups is 1. The lowest BCUT2D eigenvalue weighted by Gasteiger charge is -2.64. The van der Waals surface area contributed by atoms with Gasteiger partial charge in [0.05, 0.1) is 12.7 Å². The molecule has 8 heteroatoms. The maximum absolute atomic E-state index is 13.9. The zero-order valence-corrected chi connectivity index (χ0v) is 22.5. The van der Waals surface area contributed by atoms with Gasteiger partial charge in [-0.25, -0.2) is 4.79 Å². The summed E-state index contributed by atoms with van der Waals surface area (Å²) >= 11 is 0. The van der Waals surface area contributed by atoms with Crippen LogP contribution in [0.25, 0.3) is 0 Å². The molecule has 2 aliphatic heterocycles. The van der Waals surface area contributed by atoms with Crippen LogP contribution in [-0.4, -0.2) is 96.3 Å². The zero-order valence-electron chi connectivity index (χ0n) is 22.5. The standard InChI is InChI=1S/C28H42N4O4/c1-6-31-24(33)27(32(7-2)25(31)34)10-11-28(35)23-17-21-19(9-8-14-30(3)4)15-20(36-5)16-22(21)26(28,18-27)12-13-29-23/h15-16,23,29,35H,6-14,17-18H2,1-5H3. The van der Waals surface area contributed by atoms with Crippen molar-refractivity contribution in [1.29, 1.82) is 0 Å². The summed E-state index contributed by atoms with van der Waals surface area (Å²) in [7, 11) is 5.88. The molecule has 0 radical (unpaired) electrons. The Morgan fingerprint density at radius 2 is 1.94 bits per heavy atom. The van der Waals surface area contributed by atoms with Gasteiger partial charge in [0.15, 0.2) is 0 Å². The van der Waals surface area contributed by atoms with Crippen molar-refractivity contribution in [2.45, 2.75) is 81.4 Å². The number of methoxy groups -OCH3 is 1. The first-order chi connectivity index (χ1) is 17.2. The van der Waals surface area contributed by atoms with Gasteiger partial charge in [-0.15, -0.1) is 0 Å². The summed E-state index contributed by atoms with van der Waals surface area (Å²) in [6.45, 7) is 6.45. The highest BCUT2D eigenvalue weighted by Crippen LogP contribution is 2.61. The Labute approximate surface area is 214 Å². The number of imide groups is 1. The number of likely N-dealkylation sites (N-methyl/N-ethyl adjacent to an activating group) is 2. The summed E-state index contributed by atoms with van der Waals surface area (Å²) in [5, 5.41) is 16.1. The van der Waals surface area contributed by atoms with Gasteiger partial charge in [-0.1, -0.05) is 0 Å². The molecule has 4 unspecified atom stereocenters. The molecule has 1 spiro atoms. The van der Waals surface area contributed by atoms with Crippen LogP contribution in [0.1, 0.15) is 62.6 Å². The van der Waals surface area contributed by atoms with Crippen LogP contribution in [0, 0.1) is 0 Å². The fraction of sp³-hybridized carbons (Fsp3) is 0.714. The monoisotopic (exact) mass is 498 g/mol. The molecule has 0 aromatic heterocycles. The van der Waals surface area contributed by atoms with E-state index in [1.807, 2.05) is 13.8 Å². The van der Waals surface area contributed by atoms with Crippen molar-refractivity contribution in [1.82, 2.24) is 20.0 Å². The highest BCUT2D eigenvalue weighted by molar-refractivity contribution is 6.07. The fourth-order valence-electron chi connectivity index (χ4n) is 7.94. The molecule has 2 bridgehead atoms. The normalized spacial score (nSPS) is 33.4. The quantitative estimate of drug-likeness (QED) is 0.562. The maximum atomic E-state index is 13.9. The summed E-state index contributed by atoms with van der Waals surface area (Å²) in [6.07, 6.45) is 4.91. The third-order valence-electron chi connectivity index (χ3n) is 9.64. The molecule has 1 saturated carbocycles. The van der Waals surface area contributed by atoms with Gasteiger partial charge in [0.25, 0.3) is 5.91 Å². The predicted molar refractivity (Wildman–Crippen MR) is 138 cm³/mol. The number of nitrogens with one attached hydrogen (secondary N) is 1. The molecular weight excluding hydrogens is 456 g/mol. The molecule has 4 atom stereocenters. The topological polar surface area (TPSA) is 85.3 Å². The SMILES string of the molecule is CCN1C(=O)N(CC)C2(CCC3(O)C4Cc5c(CCCN(C)C)cc(OC)cc5C3(CCN4)C2)C1=O. The number of aryl methyl sites for hydroxylation is 1. The molecule has 4 aliphatic rings. The van der Waals surface area contributed by atoms with Gasteiger partial charge in [0, 0.05) is 24.5 Å². The second-order valence-electron chi connectivity index (χ2n) is 11.5. The lowest BCUT2D eigenvalue weighted by Crippen LogP contribution is -2.76. The minimum Gasteiger partial charge on any atom is -0.497 e. The van der Waals surface area contributed by atoms with Crippen LogP contribution in [0.2, 0.25) is 0 Å². The number of piperidine rings is 1. The van der Waals surface area contributed by atoms with Crippen LogP contribution in [-0.2, 0) is 23.1 Å². The minimum absolute atomic E-state index is 0.0679. The summed E-state index contributed by atoms with van der Waals surface area (Å²) in [5.74, 6) is 0.711. The molecule has 2 saturated heterocycles. The zero-order chi connectivity index (χ0) is 25.9. The van der Waals surface area contributed by atoms with E-state index < -0.39 is 16.6 Å². The van der Waals surface area contributed by atoms with Gasteiger partial charge in [0.1, 0.15) is 11.3 Å². The van der Waals surface area contributed by atoms with Gasteiger partial charge < -0.3 is 25.0 Å². The van der Waals surface area contributed by atoms with Crippen LogP contribution < -0.4 is 10.1 Å². The Balaban J connectivity index is 1.66. The number of hydrogen-bond acceptors (Lipinski definition) is 6. The second kappa shape index (κ2) is 8.99. The Hall–Kier alpha value is -2.16. The van der Waals surface area contributed by atoms with E-state index in [-0.39, 0.29) is 18.0 Å². The van der Waals surface area contributed by atoms with Gasteiger partial charge in [-0.3, -0.25) is 9.69 Å². The van der Waals surface area contributed by atoms with E-state index in [2.05, 4.69) is 36.4 Å². The smallest absolute Gasteiger partial charge is 0.327 e. The predicted octanol–water partition coefficient (Wildman–Crippen LogP) is 2.30. The summed E-state index contributed by atoms with van der Waals surface area (Å²) in [5.41, 5.74) is 1.20. The third kappa shape index (κ3) is 3.37. The third-order valence-corrected chi connectivity index (χ3v) is 9.64. The average molecular weight is 499 g/mol. The Bertz CT molecular complexity index is 1060. The van der Waals surface area contributed by atoms with E-state index in [0.717, 1.165) is 50.1 Å². The van der Waals surface area contributed by atoms with E-state index in [0.29, 0.717) is 32.4 Å². The first-order valence-electron chi connectivity index (χ1n) is 13.6. The molecular formula is C28H42N4O4. The maximum Gasteiger partial charge on any atom is 0.327 e. The number of carbonyl (C=O) groups is 2. The Kier molecular flexibility index (Phi) is 6.37. The van der Waals surface area contributed by atoms with Crippen LogP contribution in [0.4, 0.5) is 4.79 Å². The van der Waals surface area contributed by atoms with Crippen molar-refractivity contribution in [2.75, 3.05) is 47.4 Å². The Morgan fingerprint density at radius 1 is 1.17 bits per heavy atom. The number of hydrogen-bond donors (Lipinski definition) is 2. The number of rotatable bonds is 7. The number of amides is 3. The van der Waals surface area contributed by atoms with E-state index in [1.165, 1.54) is 16.0 Å². The molecule has 36 heavy (non-hydrogen) atoms. The van der Waals surface area contributed by atoms with E-state index in [9.17, 15) is 14.7 Å². The molecule has 198 valence electrons. The average Bonchev–Trinajstić information content (AvgIpc) is 3.03. The molecule has 5 rings (SSSR count). The van der Waals surface area contributed by atoms with Gasteiger partial charge >= 0.3 is 6.03 Å². The molecule has 8 nitrogen and oxygen atoms in total. The van der Waals surface area contributed by atoms with Crippen molar-refractivity contribution in [3.05, 3.63) is 28.8 Å². The summed E-state index contributed by atoms with van der Waals surface area (Å²) < 4.78 is 5.78. The first-order valence-corrected chi connectivity index (χ1v) is 13.6. The van der Waals surface area contributed by atoms with Crippen LogP contribution in [0.15, 0.2) is 12.1 Å². The van der Waals surface area contributed by atoms with Crippen molar-refractivity contribution < 1.29 is 19.4 Å². The molecule has 3 amide bonds. The fourth-order valence-corrected chi connectivity index (χ4v) is 7.94. The molecule has 3 fully saturated rings. The van der Waals surface area contributed by atoms with Crippen LogP contribution in [0.5, 0.6) is 5.75 Å². The lowest BCUT2D eigenvalue weighted by atomic mass is 9.46. The van der Waals surface area contributed by atoms with Crippen molar-refractivity contribution >= 4 is 11.9 Å². The summed E-state index contributed by atoms with van der Waals surface area (Å²) in [6, 6.07) is 4.02.